The third-order valence-electron chi connectivity index (χ3n) is 3.55. The van der Waals surface area contributed by atoms with Crippen LogP contribution in [0.4, 0.5) is 0 Å². The highest BCUT2D eigenvalue weighted by molar-refractivity contribution is 5.22. The second-order valence-electron chi connectivity index (χ2n) is 4.73. The predicted octanol–water partition coefficient (Wildman–Crippen LogP) is 2.45. The molecule has 1 heterocycles. The smallest absolute Gasteiger partial charge is 0.0922 e. The number of nitrogens with zero attached hydrogens (tertiary/aromatic N) is 1. The Hall–Kier alpha value is -1.61. The standard InChI is InChI=1S/C14H17N3/c1-2-4-11(5-3-1)12-6-13(7-12)16-9-14-8-15-10-17-14/h1-5,8,10,12-13,16H,6-7,9H2,(H,15,17). The van der Waals surface area contributed by atoms with E-state index < -0.39 is 0 Å². The van der Waals surface area contributed by atoms with Gasteiger partial charge in [0.2, 0.25) is 0 Å². The highest BCUT2D eigenvalue weighted by Crippen LogP contribution is 2.36. The van der Waals surface area contributed by atoms with E-state index in [1.54, 1.807) is 6.33 Å². The Morgan fingerprint density at radius 3 is 2.76 bits per heavy atom. The largest absolute Gasteiger partial charge is 0.347 e. The molecule has 3 rings (SSSR count). The molecule has 0 atom stereocenters. The van der Waals surface area contributed by atoms with Gasteiger partial charge in [-0.1, -0.05) is 30.3 Å². The van der Waals surface area contributed by atoms with Gasteiger partial charge in [-0.15, -0.1) is 0 Å². The third kappa shape index (κ3) is 2.39. The fourth-order valence-electron chi connectivity index (χ4n) is 2.42. The average Bonchev–Trinajstić information content (AvgIpc) is 2.81. The highest BCUT2D eigenvalue weighted by atomic mass is 15.0. The Morgan fingerprint density at radius 2 is 2.06 bits per heavy atom. The van der Waals surface area contributed by atoms with Gasteiger partial charge in [0.15, 0.2) is 0 Å². The lowest BCUT2D eigenvalue weighted by atomic mass is 9.76. The van der Waals surface area contributed by atoms with Crippen LogP contribution in [0.2, 0.25) is 0 Å². The molecule has 1 aromatic heterocycles. The summed E-state index contributed by atoms with van der Waals surface area (Å²) in [6.45, 7) is 0.895. The van der Waals surface area contributed by atoms with Crippen molar-refractivity contribution in [3.8, 4) is 0 Å². The number of hydrogen-bond acceptors (Lipinski definition) is 2. The van der Waals surface area contributed by atoms with Gasteiger partial charge in [0.25, 0.3) is 0 Å². The van der Waals surface area contributed by atoms with E-state index in [9.17, 15) is 0 Å². The molecule has 1 fully saturated rings. The number of benzene rings is 1. The van der Waals surface area contributed by atoms with Crippen LogP contribution in [-0.4, -0.2) is 16.0 Å². The lowest BCUT2D eigenvalue weighted by molar-refractivity contribution is 0.289. The van der Waals surface area contributed by atoms with Gasteiger partial charge in [-0.3, -0.25) is 0 Å². The summed E-state index contributed by atoms with van der Waals surface area (Å²) < 4.78 is 0. The second kappa shape index (κ2) is 4.72. The normalized spacial score (nSPS) is 23.3. The molecule has 0 spiro atoms. The first-order chi connectivity index (χ1) is 8.42. The Labute approximate surface area is 101 Å². The molecule has 17 heavy (non-hydrogen) atoms. The monoisotopic (exact) mass is 227 g/mol. The molecule has 0 saturated heterocycles. The zero-order valence-corrected chi connectivity index (χ0v) is 9.76. The van der Waals surface area contributed by atoms with Crippen LogP contribution in [-0.2, 0) is 6.54 Å². The average molecular weight is 227 g/mol. The lowest BCUT2D eigenvalue weighted by Crippen LogP contribution is -2.39. The zero-order chi connectivity index (χ0) is 11.5. The maximum absolute atomic E-state index is 4.01. The van der Waals surface area contributed by atoms with E-state index in [2.05, 4.69) is 45.6 Å². The molecule has 1 saturated carbocycles. The van der Waals surface area contributed by atoms with Crippen molar-refractivity contribution in [2.75, 3.05) is 0 Å². The van der Waals surface area contributed by atoms with E-state index in [-0.39, 0.29) is 0 Å². The van der Waals surface area contributed by atoms with Gasteiger partial charge in [-0.2, -0.15) is 0 Å². The molecule has 0 radical (unpaired) electrons. The Kier molecular flexibility index (Phi) is 2.92. The summed E-state index contributed by atoms with van der Waals surface area (Å²) in [7, 11) is 0. The van der Waals surface area contributed by atoms with E-state index in [1.165, 1.54) is 18.4 Å². The fraction of sp³-hybridized carbons (Fsp3) is 0.357. The van der Waals surface area contributed by atoms with E-state index in [1.807, 2.05) is 6.20 Å². The molecule has 3 heteroatoms. The highest BCUT2D eigenvalue weighted by Gasteiger charge is 2.29. The minimum atomic E-state index is 0.656. The molecule has 0 amide bonds. The lowest BCUT2D eigenvalue weighted by Gasteiger charge is -2.36. The number of aromatic nitrogens is 2. The first kappa shape index (κ1) is 10.5. The van der Waals surface area contributed by atoms with E-state index in [0.29, 0.717) is 6.04 Å². The minimum Gasteiger partial charge on any atom is -0.347 e. The third-order valence-corrected chi connectivity index (χ3v) is 3.55. The first-order valence-electron chi connectivity index (χ1n) is 6.17. The molecule has 1 aromatic carbocycles. The van der Waals surface area contributed by atoms with Crippen LogP contribution in [0.3, 0.4) is 0 Å². The van der Waals surface area contributed by atoms with Crippen LogP contribution in [0.15, 0.2) is 42.9 Å². The molecule has 1 aliphatic rings. The zero-order valence-electron chi connectivity index (χ0n) is 9.76. The summed E-state index contributed by atoms with van der Waals surface area (Å²) in [5.74, 6) is 0.746. The Morgan fingerprint density at radius 1 is 1.24 bits per heavy atom. The van der Waals surface area contributed by atoms with Crippen molar-refractivity contribution in [1.82, 2.24) is 15.3 Å². The van der Waals surface area contributed by atoms with E-state index in [4.69, 9.17) is 0 Å². The summed E-state index contributed by atoms with van der Waals surface area (Å²) in [6.07, 6.45) is 6.10. The van der Waals surface area contributed by atoms with Crippen molar-refractivity contribution in [2.45, 2.75) is 31.3 Å². The quantitative estimate of drug-likeness (QED) is 0.842. The minimum absolute atomic E-state index is 0.656. The molecule has 0 unspecified atom stereocenters. The van der Waals surface area contributed by atoms with Gasteiger partial charge in [0.05, 0.1) is 6.33 Å². The van der Waals surface area contributed by atoms with Gasteiger partial charge in [-0.25, -0.2) is 4.98 Å². The maximum Gasteiger partial charge on any atom is 0.0922 e. The fourth-order valence-corrected chi connectivity index (χ4v) is 2.42. The van der Waals surface area contributed by atoms with Crippen LogP contribution in [0, 0.1) is 0 Å². The molecular weight excluding hydrogens is 210 g/mol. The first-order valence-corrected chi connectivity index (χ1v) is 6.17. The SMILES string of the molecule is c1ccc(C2CC(NCc3cnc[nH]3)C2)cc1. The van der Waals surface area contributed by atoms with Gasteiger partial charge in [0, 0.05) is 24.5 Å². The Balaban J connectivity index is 1.46. The number of H-pyrrole nitrogens is 1. The predicted molar refractivity (Wildman–Crippen MR) is 67.6 cm³/mol. The number of nitrogens with one attached hydrogen (secondary N) is 2. The van der Waals surface area contributed by atoms with Gasteiger partial charge in [0.1, 0.15) is 0 Å². The van der Waals surface area contributed by atoms with Gasteiger partial charge in [-0.05, 0) is 24.3 Å². The van der Waals surface area contributed by atoms with Crippen LogP contribution in [0.25, 0.3) is 0 Å². The van der Waals surface area contributed by atoms with Crippen molar-refractivity contribution in [3.05, 3.63) is 54.1 Å². The van der Waals surface area contributed by atoms with Gasteiger partial charge >= 0.3 is 0 Å². The summed E-state index contributed by atoms with van der Waals surface area (Å²) in [5, 5.41) is 3.55. The van der Waals surface area contributed by atoms with E-state index >= 15 is 0 Å². The molecule has 0 bridgehead atoms. The van der Waals surface area contributed by atoms with Crippen LogP contribution < -0.4 is 5.32 Å². The number of imidazole rings is 1. The summed E-state index contributed by atoms with van der Waals surface area (Å²) in [6, 6.07) is 11.5. The number of aromatic amines is 1. The van der Waals surface area contributed by atoms with Crippen molar-refractivity contribution in [1.29, 1.82) is 0 Å². The molecule has 1 aliphatic carbocycles. The van der Waals surface area contributed by atoms with Gasteiger partial charge < -0.3 is 10.3 Å². The second-order valence-corrected chi connectivity index (χ2v) is 4.73. The molecule has 3 nitrogen and oxygen atoms in total. The molecule has 0 aliphatic heterocycles. The van der Waals surface area contributed by atoms with Crippen molar-refractivity contribution >= 4 is 0 Å². The maximum atomic E-state index is 4.01. The van der Waals surface area contributed by atoms with Crippen molar-refractivity contribution < 1.29 is 0 Å². The molecular formula is C14H17N3. The molecule has 2 N–H and O–H groups in total. The topological polar surface area (TPSA) is 40.7 Å². The number of rotatable bonds is 4. The Bertz CT molecular complexity index is 444. The summed E-state index contributed by atoms with van der Waals surface area (Å²) in [4.78, 5) is 7.12. The van der Waals surface area contributed by atoms with Crippen LogP contribution >= 0.6 is 0 Å². The summed E-state index contributed by atoms with van der Waals surface area (Å²) >= 11 is 0. The van der Waals surface area contributed by atoms with E-state index in [0.717, 1.165) is 18.2 Å². The summed E-state index contributed by atoms with van der Waals surface area (Å²) in [5.41, 5.74) is 2.64. The van der Waals surface area contributed by atoms with Crippen molar-refractivity contribution in [2.24, 2.45) is 0 Å². The number of hydrogen-bond donors (Lipinski definition) is 2. The van der Waals surface area contributed by atoms with Crippen molar-refractivity contribution in [3.63, 3.8) is 0 Å². The molecule has 2 aromatic rings. The van der Waals surface area contributed by atoms with Crippen LogP contribution in [0.1, 0.15) is 30.0 Å². The van der Waals surface area contributed by atoms with Crippen LogP contribution in [0.5, 0.6) is 0 Å². The molecule has 88 valence electrons.